The third-order valence-corrected chi connectivity index (χ3v) is 6.92. The molecule has 0 spiro atoms. The van der Waals surface area contributed by atoms with Crippen molar-refractivity contribution in [3.63, 3.8) is 0 Å². The predicted molar refractivity (Wildman–Crippen MR) is 125 cm³/mol. The van der Waals surface area contributed by atoms with E-state index < -0.39 is 10.0 Å². The molecule has 1 heterocycles. The topological polar surface area (TPSA) is 49.9 Å². The number of nitrogens with zero attached hydrogens (tertiary/aromatic N) is 2. The number of benzene rings is 2. The summed E-state index contributed by atoms with van der Waals surface area (Å²) < 4.78 is 35.1. The molecule has 144 valence electrons. The lowest BCUT2D eigenvalue weighted by Crippen LogP contribution is -2.44. The molecule has 1 aliphatic heterocycles. The fourth-order valence-electron chi connectivity index (χ4n) is 2.85. The maximum atomic E-state index is 13.7. The second-order valence-corrected chi connectivity index (χ2v) is 12.1. The van der Waals surface area contributed by atoms with Gasteiger partial charge in [0.25, 0.3) is 10.0 Å². The highest BCUT2D eigenvalue weighted by Crippen LogP contribution is 2.35. The van der Waals surface area contributed by atoms with Gasteiger partial charge < -0.3 is 9.64 Å². The Morgan fingerprint density at radius 3 is 2.15 bits per heavy atom. The summed E-state index contributed by atoms with van der Waals surface area (Å²) in [6, 6.07) is 16.2. The summed E-state index contributed by atoms with van der Waals surface area (Å²) in [6.07, 6.45) is 0. The van der Waals surface area contributed by atoms with E-state index in [4.69, 9.17) is 4.74 Å². The minimum Gasteiger partial charge on any atom is -0.378 e. The number of rotatable bonds is 5. The molecule has 0 N–H and O–H groups in total. The van der Waals surface area contributed by atoms with E-state index in [2.05, 4.69) is 50.1 Å². The van der Waals surface area contributed by atoms with Crippen LogP contribution in [0.15, 0.2) is 66.9 Å². The number of aryl methyl sites for hydroxylation is 1. The van der Waals surface area contributed by atoms with E-state index in [1.54, 1.807) is 12.1 Å². The Labute approximate surface area is 187 Å². The van der Waals surface area contributed by atoms with Crippen molar-refractivity contribution >= 4 is 60.9 Å². The molecule has 0 atom stereocenters. The number of hydrogen-bond donors (Lipinski definition) is 0. The predicted octanol–water partition coefficient (Wildman–Crippen LogP) is 4.52. The lowest BCUT2D eigenvalue weighted by molar-refractivity contribution is 0.0534. The van der Waals surface area contributed by atoms with Gasteiger partial charge in [-0.25, -0.2) is 12.7 Å². The highest BCUT2D eigenvalue weighted by Gasteiger charge is 2.33. The lowest BCUT2D eigenvalue weighted by atomic mass is 10.2. The average Bonchev–Trinajstić information content (AvgIpc) is 2.67. The monoisotopic (exact) mass is 610 g/mol. The maximum Gasteiger partial charge on any atom is 0.269 e. The summed E-state index contributed by atoms with van der Waals surface area (Å²) in [5, 5.41) is 0. The minimum absolute atomic E-state index is 0.275. The van der Waals surface area contributed by atoms with Gasteiger partial charge in [-0.1, -0.05) is 35.9 Å². The van der Waals surface area contributed by atoms with E-state index in [9.17, 15) is 8.42 Å². The summed E-state index contributed by atoms with van der Waals surface area (Å²) in [6.45, 7) is 4.40. The molecule has 0 aromatic heterocycles. The first-order chi connectivity index (χ1) is 12.9. The van der Waals surface area contributed by atoms with Crippen molar-refractivity contribution in [3.05, 3.63) is 67.6 Å². The van der Waals surface area contributed by atoms with Crippen LogP contribution in [0.2, 0.25) is 0 Å². The quantitative estimate of drug-likeness (QED) is 0.468. The van der Waals surface area contributed by atoms with Gasteiger partial charge in [-0.2, -0.15) is 0 Å². The largest absolute Gasteiger partial charge is 0.378 e. The number of sulfonamides is 1. The van der Waals surface area contributed by atoms with E-state index in [0.717, 1.165) is 7.15 Å². The molecule has 3 rings (SSSR count). The van der Waals surface area contributed by atoms with E-state index in [0.29, 0.717) is 37.8 Å². The average molecular weight is 610 g/mol. The number of halogens is 2. The highest BCUT2D eigenvalue weighted by atomic mass is 127. The first-order valence-corrected chi connectivity index (χ1v) is 12.1. The summed E-state index contributed by atoms with van der Waals surface area (Å²) in [7, 11) is -3.78. The van der Waals surface area contributed by atoms with Gasteiger partial charge in [-0.15, -0.1) is 0 Å². The van der Waals surface area contributed by atoms with Crippen molar-refractivity contribution in [2.24, 2.45) is 0 Å². The smallest absolute Gasteiger partial charge is 0.269 e. The summed E-state index contributed by atoms with van der Waals surface area (Å²) in [5.74, 6) is 0.672. The molecule has 0 unspecified atom stereocenters. The molecular weight excluding hydrogens is 590 g/mol. The van der Waals surface area contributed by atoms with Crippen LogP contribution in [0.4, 0.5) is 5.69 Å². The van der Waals surface area contributed by atoms with Crippen LogP contribution in [0.5, 0.6) is 0 Å². The zero-order chi connectivity index (χ0) is 19.4. The van der Waals surface area contributed by atoms with Crippen molar-refractivity contribution in [1.29, 1.82) is 0 Å². The molecule has 0 bridgehead atoms. The Kier molecular flexibility index (Phi) is 7.03. The molecule has 1 saturated heterocycles. The standard InChI is InChI=1S/C19H20I2N2O3S/c1-15-7-9-17(10-8-15)27(24,25)23(16-5-3-2-4-6-16)19(18(20)21)22-11-13-26-14-12-22/h2-10H,11-14H2,1H3. The second kappa shape index (κ2) is 9.10. The van der Waals surface area contributed by atoms with Gasteiger partial charge in [0.1, 0.15) is 5.82 Å². The second-order valence-electron chi connectivity index (χ2n) is 6.10. The van der Waals surface area contributed by atoms with Crippen molar-refractivity contribution in [2.75, 3.05) is 30.6 Å². The molecular formula is C19H20I2N2O3S. The van der Waals surface area contributed by atoms with E-state index in [1.807, 2.05) is 49.4 Å². The number of anilines is 1. The fraction of sp³-hybridized carbons (Fsp3) is 0.263. The summed E-state index contributed by atoms with van der Waals surface area (Å²) in [4.78, 5) is 2.35. The van der Waals surface area contributed by atoms with Crippen molar-refractivity contribution in [3.8, 4) is 0 Å². The Hall–Kier alpha value is -0.850. The van der Waals surface area contributed by atoms with Crippen molar-refractivity contribution in [2.45, 2.75) is 11.8 Å². The molecule has 8 heteroatoms. The van der Waals surface area contributed by atoms with Gasteiger partial charge in [0.2, 0.25) is 0 Å². The molecule has 2 aromatic rings. The Bertz CT molecular complexity index is 906. The van der Waals surface area contributed by atoms with Gasteiger partial charge >= 0.3 is 0 Å². The summed E-state index contributed by atoms with van der Waals surface area (Å²) in [5.41, 5.74) is 1.64. The van der Waals surface area contributed by atoms with Crippen molar-refractivity contribution in [1.82, 2.24) is 4.90 Å². The molecule has 1 fully saturated rings. The molecule has 1 aliphatic rings. The third kappa shape index (κ3) is 4.77. The van der Waals surface area contributed by atoms with E-state index in [1.165, 1.54) is 4.31 Å². The van der Waals surface area contributed by atoms with Gasteiger partial charge in [-0.05, 0) is 76.4 Å². The molecule has 0 aliphatic carbocycles. The zero-order valence-electron chi connectivity index (χ0n) is 14.8. The van der Waals surface area contributed by atoms with Crippen LogP contribution in [0, 0.1) is 6.92 Å². The Morgan fingerprint density at radius 1 is 1.00 bits per heavy atom. The summed E-state index contributed by atoms with van der Waals surface area (Å²) >= 11 is 4.38. The molecule has 0 radical (unpaired) electrons. The van der Waals surface area contributed by atoms with Crippen LogP contribution in [0.3, 0.4) is 0 Å². The molecule has 2 aromatic carbocycles. The highest BCUT2D eigenvalue weighted by molar-refractivity contribution is 14.2. The first kappa shape index (κ1) is 20.9. The van der Waals surface area contributed by atoms with Gasteiger partial charge in [0, 0.05) is 13.1 Å². The minimum atomic E-state index is -3.78. The van der Waals surface area contributed by atoms with Crippen LogP contribution < -0.4 is 4.31 Å². The Morgan fingerprint density at radius 2 is 1.59 bits per heavy atom. The number of hydrogen-bond acceptors (Lipinski definition) is 4. The maximum absolute atomic E-state index is 13.7. The van der Waals surface area contributed by atoms with Gasteiger partial charge in [0.05, 0.1) is 25.4 Å². The molecule has 0 amide bonds. The van der Waals surface area contributed by atoms with E-state index in [-0.39, 0.29) is 4.90 Å². The van der Waals surface area contributed by atoms with Crippen LogP contribution in [0.25, 0.3) is 0 Å². The number of para-hydroxylation sites is 1. The Balaban J connectivity index is 2.16. The molecule has 5 nitrogen and oxygen atoms in total. The first-order valence-electron chi connectivity index (χ1n) is 8.46. The third-order valence-electron chi connectivity index (χ3n) is 4.22. The van der Waals surface area contributed by atoms with Crippen LogP contribution >= 0.6 is 45.2 Å². The van der Waals surface area contributed by atoms with Gasteiger partial charge in [0.15, 0.2) is 0 Å². The SMILES string of the molecule is Cc1ccc(S(=O)(=O)N(C(=C(I)I)N2CCOCC2)c2ccccc2)cc1. The number of morpholine rings is 1. The molecule has 27 heavy (non-hydrogen) atoms. The van der Waals surface area contributed by atoms with Crippen molar-refractivity contribution < 1.29 is 13.2 Å². The van der Waals surface area contributed by atoms with Crippen LogP contribution in [0.1, 0.15) is 5.56 Å². The fourth-order valence-corrected chi connectivity index (χ4v) is 5.87. The number of ether oxygens (including phenoxy) is 1. The van der Waals surface area contributed by atoms with Crippen LogP contribution in [-0.4, -0.2) is 39.6 Å². The lowest BCUT2D eigenvalue weighted by Gasteiger charge is -2.37. The van der Waals surface area contributed by atoms with Gasteiger partial charge in [-0.3, -0.25) is 0 Å². The normalized spacial score (nSPS) is 14.7. The van der Waals surface area contributed by atoms with Crippen LogP contribution in [-0.2, 0) is 14.8 Å². The van der Waals surface area contributed by atoms with E-state index >= 15 is 0 Å². The zero-order valence-corrected chi connectivity index (χ0v) is 19.9. The molecule has 0 saturated carbocycles.